The molecule has 2 amide bonds. The zero-order chi connectivity index (χ0) is 19.1. The second-order valence-electron chi connectivity index (χ2n) is 7.46. The van der Waals surface area contributed by atoms with Gasteiger partial charge in [-0.3, -0.25) is 14.5 Å². The number of hydrogen-bond donors (Lipinski definition) is 2. The molecule has 1 aliphatic carbocycles. The molecule has 6 nitrogen and oxygen atoms in total. The summed E-state index contributed by atoms with van der Waals surface area (Å²) >= 11 is 0. The van der Waals surface area contributed by atoms with E-state index in [9.17, 15) is 9.59 Å². The number of piperazine rings is 1. The molecule has 0 unspecified atom stereocenters. The maximum Gasteiger partial charge on any atom is 0.237 e. The molecule has 1 heterocycles. The Morgan fingerprint density at radius 1 is 1.22 bits per heavy atom. The molecule has 2 aliphatic rings. The molecular weight excluding hydrogens is 342 g/mol. The fourth-order valence-electron chi connectivity index (χ4n) is 3.97. The van der Waals surface area contributed by atoms with Crippen LogP contribution in [0.5, 0.6) is 5.75 Å². The van der Waals surface area contributed by atoms with Crippen molar-refractivity contribution >= 4 is 11.8 Å². The van der Waals surface area contributed by atoms with E-state index in [1.165, 1.54) is 19.3 Å². The lowest BCUT2D eigenvalue weighted by Crippen LogP contribution is -2.56. The Morgan fingerprint density at radius 2 is 1.96 bits per heavy atom. The number of hydrogen-bond acceptors (Lipinski definition) is 4. The highest BCUT2D eigenvalue weighted by Gasteiger charge is 2.32. The highest BCUT2D eigenvalue weighted by atomic mass is 16.5. The summed E-state index contributed by atoms with van der Waals surface area (Å²) in [5.41, 5.74) is 1.12. The summed E-state index contributed by atoms with van der Waals surface area (Å²) < 4.78 is 5.48. The van der Waals surface area contributed by atoms with E-state index in [-0.39, 0.29) is 24.3 Å². The summed E-state index contributed by atoms with van der Waals surface area (Å²) in [7, 11) is 0. The average molecular weight is 373 g/mol. The van der Waals surface area contributed by atoms with E-state index in [1.54, 1.807) is 0 Å². The van der Waals surface area contributed by atoms with Crippen molar-refractivity contribution in [3.63, 3.8) is 0 Å². The van der Waals surface area contributed by atoms with Crippen molar-refractivity contribution < 1.29 is 14.3 Å². The van der Waals surface area contributed by atoms with Gasteiger partial charge in [0, 0.05) is 25.7 Å². The van der Waals surface area contributed by atoms with Crippen molar-refractivity contribution in [1.29, 1.82) is 0 Å². The van der Waals surface area contributed by atoms with Gasteiger partial charge in [0.05, 0.1) is 19.1 Å². The quantitative estimate of drug-likeness (QED) is 0.769. The van der Waals surface area contributed by atoms with Crippen LogP contribution in [-0.2, 0) is 16.1 Å². The highest BCUT2D eigenvalue weighted by Crippen LogP contribution is 2.19. The Labute approximate surface area is 161 Å². The van der Waals surface area contributed by atoms with Gasteiger partial charge >= 0.3 is 0 Å². The van der Waals surface area contributed by atoms with Crippen molar-refractivity contribution in [1.82, 2.24) is 15.5 Å². The molecule has 2 fully saturated rings. The number of benzene rings is 1. The number of carbonyl (C=O) groups is 2. The second kappa shape index (κ2) is 9.74. The Morgan fingerprint density at radius 3 is 2.67 bits per heavy atom. The van der Waals surface area contributed by atoms with Gasteiger partial charge in [-0.2, -0.15) is 0 Å². The molecule has 148 valence electrons. The Kier molecular flexibility index (Phi) is 7.10. The SMILES string of the molecule is CCOc1ccc(CN2CCNC(=O)[C@@H]2CC(=O)NC2CCCCC2)cc1. The molecule has 1 aromatic carbocycles. The predicted octanol–water partition coefficient (Wildman–Crippen LogP) is 2.22. The molecule has 0 radical (unpaired) electrons. The Bertz CT molecular complexity index is 626. The first-order chi connectivity index (χ1) is 13.2. The van der Waals surface area contributed by atoms with Crippen LogP contribution in [0.2, 0.25) is 0 Å². The molecule has 0 spiro atoms. The van der Waals surface area contributed by atoms with E-state index in [0.29, 0.717) is 19.7 Å². The molecule has 2 N–H and O–H groups in total. The Hall–Kier alpha value is -2.08. The lowest BCUT2D eigenvalue weighted by molar-refractivity contribution is -0.134. The summed E-state index contributed by atoms with van der Waals surface area (Å²) in [5.74, 6) is 0.785. The third-order valence-electron chi connectivity index (χ3n) is 5.41. The van der Waals surface area contributed by atoms with Crippen molar-refractivity contribution in [2.45, 2.75) is 64.1 Å². The standard InChI is InChI=1S/C21H31N3O3/c1-2-27-18-10-8-16(9-11-18)15-24-13-12-22-21(26)19(24)14-20(25)23-17-6-4-3-5-7-17/h8-11,17,19H,2-7,12-15H2,1H3,(H,22,26)(H,23,25)/t19-/m0/s1. The minimum atomic E-state index is -0.408. The zero-order valence-corrected chi connectivity index (χ0v) is 16.2. The highest BCUT2D eigenvalue weighted by molar-refractivity contribution is 5.88. The third-order valence-corrected chi connectivity index (χ3v) is 5.41. The van der Waals surface area contributed by atoms with E-state index in [1.807, 2.05) is 31.2 Å². The van der Waals surface area contributed by atoms with E-state index in [0.717, 1.165) is 30.7 Å². The lowest BCUT2D eigenvalue weighted by atomic mass is 9.95. The topological polar surface area (TPSA) is 70.7 Å². The van der Waals surface area contributed by atoms with Crippen LogP contribution in [0, 0.1) is 0 Å². The summed E-state index contributed by atoms with van der Waals surface area (Å²) in [6, 6.07) is 7.82. The van der Waals surface area contributed by atoms with Gasteiger partial charge in [0.2, 0.25) is 11.8 Å². The number of amides is 2. The molecule has 0 aromatic heterocycles. The summed E-state index contributed by atoms with van der Waals surface area (Å²) in [6.07, 6.45) is 5.95. The van der Waals surface area contributed by atoms with Gasteiger partial charge < -0.3 is 15.4 Å². The summed E-state index contributed by atoms with van der Waals surface area (Å²) in [4.78, 5) is 27.0. The van der Waals surface area contributed by atoms with Gasteiger partial charge in [0.15, 0.2) is 0 Å². The lowest BCUT2D eigenvalue weighted by Gasteiger charge is -2.35. The van der Waals surface area contributed by atoms with Crippen molar-refractivity contribution in [3.05, 3.63) is 29.8 Å². The molecule has 3 rings (SSSR count). The minimum Gasteiger partial charge on any atom is -0.494 e. The van der Waals surface area contributed by atoms with Crippen LogP contribution >= 0.6 is 0 Å². The minimum absolute atomic E-state index is 0.0133. The zero-order valence-electron chi connectivity index (χ0n) is 16.2. The fraction of sp³-hybridized carbons (Fsp3) is 0.619. The number of nitrogens with zero attached hydrogens (tertiary/aromatic N) is 1. The van der Waals surface area contributed by atoms with E-state index in [4.69, 9.17) is 4.74 Å². The molecule has 0 bridgehead atoms. The maximum absolute atomic E-state index is 12.5. The number of carbonyl (C=O) groups excluding carboxylic acids is 2. The first-order valence-electron chi connectivity index (χ1n) is 10.2. The second-order valence-corrected chi connectivity index (χ2v) is 7.46. The van der Waals surface area contributed by atoms with Crippen molar-refractivity contribution in [2.75, 3.05) is 19.7 Å². The third kappa shape index (κ3) is 5.70. The van der Waals surface area contributed by atoms with Gasteiger partial charge in [0.25, 0.3) is 0 Å². The molecule has 1 atom stereocenters. The predicted molar refractivity (Wildman–Crippen MR) is 104 cm³/mol. The van der Waals surface area contributed by atoms with Crippen molar-refractivity contribution in [3.8, 4) is 5.75 Å². The molecule has 27 heavy (non-hydrogen) atoms. The van der Waals surface area contributed by atoms with Gasteiger partial charge in [-0.25, -0.2) is 0 Å². The van der Waals surface area contributed by atoms with E-state index >= 15 is 0 Å². The van der Waals surface area contributed by atoms with E-state index < -0.39 is 6.04 Å². The monoisotopic (exact) mass is 373 g/mol. The van der Waals surface area contributed by atoms with Crippen molar-refractivity contribution in [2.24, 2.45) is 0 Å². The van der Waals surface area contributed by atoms with Crippen LogP contribution in [0.15, 0.2) is 24.3 Å². The van der Waals surface area contributed by atoms with E-state index in [2.05, 4.69) is 15.5 Å². The maximum atomic E-state index is 12.5. The summed E-state index contributed by atoms with van der Waals surface area (Å²) in [5, 5.41) is 6.03. The number of ether oxygens (including phenoxy) is 1. The van der Waals surface area contributed by atoms with Gasteiger partial charge in [-0.1, -0.05) is 31.4 Å². The van der Waals surface area contributed by atoms with Crippen LogP contribution in [0.25, 0.3) is 0 Å². The average Bonchev–Trinajstić information content (AvgIpc) is 2.67. The van der Waals surface area contributed by atoms with Crippen LogP contribution in [0.3, 0.4) is 0 Å². The van der Waals surface area contributed by atoms with Gasteiger partial charge in [0.1, 0.15) is 5.75 Å². The molecule has 1 saturated heterocycles. The first-order valence-corrected chi connectivity index (χ1v) is 10.2. The Balaban J connectivity index is 1.58. The summed E-state index contributed by atoms with van der Waals surface area (Å²) in [6.45, 7) is 4.63. The van der Waals surface area contributed by atoms with Crippen LogP contribution in [0.1, 0.15) is 51.0 Å². The number of rotatable bonds is 7. The molecular formula is C21H31N3O3. The van der Waals surface area contributed by atoms with Crippen LogP contribution in [-0.4, -0.2) is 48.5 Å². The largest absolute Gasteiger partial charge is 0.494 e. The van der Waals surface area contributed by atoms with Gasteiger partial charge in [-0.15, -0.1) is 0 Å². The molecule has 1 aliphatic heterocycles. The van der Waals surface area contributed by atoms with Gasteiger partial charge in [-0.05, 0) is 37.5 Å². The molecule has 1 saturated carbocycles. The van der Waals surface area contributed by atoms with Crippen LogP contribution < -0.4 is 15.4 Å². The molecule has 1 aromatic rings. The fourth-order valence-corrected chi connectivity index (χ4v) is 3.97. The first kappa shape index (κ1) is 19.7. The van der Waals surface area contributed by atoms with Crippen LogP contribution in [0.4, 0.5) is 0 Å². The smallest absolute Gasteiger partial charge is 0.237 e. The molecule has 6 heteroatoms. The normalized spacial score (nSPS) is 21.5. The number of nitrogens with one attached hydrogen (secondary N) is 2.